The molecule has 0 aromatic rings. The number of carbonyl (C=O) groups excluding carboxylic acids is 1. The van der Waals surface area contributed by atoms with Gasteiger partial charge in [-0.1, -0.05) is 83.3 Å². The van der Waals surface area contributed by atoms with Gasteiger partial charge in [0.1, 0.15) is 12.4 Å². The molecule has 130 valence electrons. The highest BCUT2D eigenvalue weighted by Crippen LogP contribution is 2.11. The van der Waals surface area contributed by atoms with Gasteiger partial charge in [-0.15, -0.1) is 0 Å². The maximum atomic E-state index is 10.2. The van der Waals surface area contributed by atoms with Crippen molar-refractivity contribution in [1.82, 2.24) is 0 Å². The van der Waals surface area contributed by atoms with Crippen LogP contribution in [-0.4, -0.2) is 17.5 Å². The van der Waals surface area contributed by atoms with Crippen LogP contribution in [-0.2, 0) is 4.79 Å². The number of hydrogen-bond acceptors (Lipinski definition) is 2. The first kappa shape index (κ1) is 21.4. The number of unbranched alkanes of at least 4 members (excludes halogenated alkanes) is 12. The molecular formula is C20H38O2. The van der Waals surface area contributed by atoms with Crippen LogP contribution in [0.1, 0.15) is 103 Å². The van der Waals surface area contributed by atoms with E-state index in [-0.39, 0.29) is 0 Å². The zero-order valence-electron chi connectivity index (χ0n) is 14.8. The minimum atomic E-state index is -0.739. The third-order valence-corrected chi connectivity index (χ3v) is 4.17. The number of aldehydes is 1. The molecule has 0 heterocycles. The Morgan fingerprint density at radius 1 is 0.727 bits per heavy atom. The molecule has 1 atom stereocenters. The molecule has 0 radical (unpaired) electrons. The van der Waals surface area contributed by atoms with Crippen LogP contribution < -0.4 is 0 Å². The van der Waals surface area contributed by atoms with Crippen LogP contribution >= 0.6 is 0 Å². The molecule has 0 aromatic heterocycles. The van der Waals surface area contributed by atoms with Gasteiger partial charge in [0.2, 0.25) is 0 Å². The summed E-state index contributed by atoms with van der Waals surface area (Å²) in [7, 11) is 0. The normalized spacial score (nSPS) is 12.8. The number of carbonyl (C=O) groups is 1. The third-order valence-electron chi connectivity index (χ3n) is 4.17. The molecule has 0 aliphatic heterocycles. The highest BCUT2D eigenvalue weighted by atomic mass is 16.3. The van der Waals surface area contributed by atoms with Crippen LogP contribution in [0.5, 0.6) is 0 Å². The number of aliphatic hydroxyl groups is 1. The smallest absolute Gasteiger partial charge is 0.148 e. The summed E-state index contributed by atoms with van der Waals surface area (Å²) in [5.41, 5.74) is 0. The molecule has 2 nitrogen and oxygen atoms in total. The summed E-state index contributed by atoms with van der Waals surface area (Å²) in [5.74, 6) is 0. The monoisotopic (exact) mass is 310 g/mol. The quantitative estimate of drug-likeness (QED) is 0.204. The molecule has 0 aliphatic carbocycles. The van der Waals surface area contributed by atoms with Gasteiger partial charge < -0.3 is 9.90 Å². The van der Waals surface area contributed by atoms with Crippen molar-refractivity contribution in [3.8, 4) is 0 Å². The van der Waals surface area contributed by atoms with E-state index in [9.17, 15) is 4.79 Å². The molecule has 0 spiro atoms. The van der Waals surface area contributed by atoms with E-state index < -0.39 is 6.10 Å². The summed E-state index contributed by atoms with van der Waals surface area (Å²) in [6.45, 7) is 2.26. The molecule has 0 fully saturated rings. The average Bonchev–Trinajstić information content (AvgIpc) is 2.54. The lowest BCUT2D eigenvalue weighted by atomic mass is 10.1. The average molecular weight is 311 g/mol. The van der Waals surface area contributed by atoms with E-state index in [1.807, 2.05) is 0 Å². The second-order valence-electron chi connectivity index (χ2n) is 6.43. The van der Waals surface area contributed by atoms with E-state index in [1.54, 1.807) is 0 Å². The van der Waals surface area contributed by atoms with E-state index in [0.29, 0.717) is 12.7 Å². The summed E-state index contributed by atoms with van der Waals surface area (Å²) in [4.78, 5) is 10.2. The fourth-order valence-corrected chi connectivity index (χ4v) is 2.67. The SMILES string of the molecule is CCCCCCCCC=CCCCCCCCCC(O)C=O. The van der Waals surface area contributed by atoms with Crippen LogP contribution in [0.15, 0.2) is 12.2 Å². The first-order valence-corrected chi connectivity index (χ1v) is 9.59. The largest absolute Gasteiger partial charge is 0.386 e. The Hall–Kier alpha value is -0.630. The van der Waals surface area contributed by atoms with Gasteiger partial charge in [-0.2, -0.15) is 0 Å². The Kier molecular flexibility index (Phi) is 17.9. The van der Waals surface area contributed by atoms with E-state index >= 15 is 0 Å². The van der Waals surface area contributed by atoms with Gasteiger partial charge >= 0.3 is 0 Å². The number of aliphatic hydroxyl groups excluding tert-OH is 1. The van der Waals surface area contributed by atoms with Crippen LogP contribution in [0.4, 0.5) is 0 Å². The Morgan fingerprint density at radius 3 is 1.68 bits per heavy atom. The highest BCUT2D eigenvalue weighted by Gasteiger charge is 1.99. The first-order chi connectivity index (χ1) is 10.8. The van der Waals surface area contributed by atoms with Crippen LogP contribution in [0.25, 0.3) is 0 Å². The van der Waals surface area contributed by atoms with Crippen LogP contribution in [0.2, 0.25) is 0 Å². The van der Waals surface area contributed by atoms with E-state index in [4.69, 9.17) is 5.11 Å². The second kappa shape index (κ2) is 18.4. The van der Waals surface area contributed by atoms with Gasteiger partial charge in [-0.05, 0) is 32.1 Å². The molecule has 0 saturated heterocycles. The summed E-state index contributed by atoms with van der Waals surface area (Å²) in [5, 5.41) is 9.10. The van der Waals surface area contributed by atoms with E-state index in [0.717, 1.165) is 12.8 Å². The topological polar surface area (TPSA) is 37.3 Å². The Labute approximate surface area is 138 Å². The predicted molar refractivity (Wildman–Crippen MR) is 96.1 cm³/mol. The standard InChI is InChI=1S/C20H38O2/c1-2-3-4-5-6-7-8-9-10-11-12-13-14-15-16-17-18-20(22)19-21/h9-10,19-20,22H,2-8,11-18H2,1H3. The molecule has 1 N–H and O–H groups in total. The fourth-order valence-electron chi connectivity index (χ4n) is 2.67. The number of hydrogen-bond donors (Lipinski definition) is 1. The molecule has 0 aromatic carbocycles. The van der Waals surface area contributed by atoms with Crippen LogP contribution in [0, 0.1) is 0 Å². The second-order valence-corrected chi connectivity index (χ2v) is 6.43. The van der Waals surface area contributed by atoms with Crippen molar-refractivity contribution in [2.75, 3.05) is 0 Å². The molecule has 1 unspecified atom stereocenters. The molecule has 0 aliphatic rings. The molecule has 0 bridgehead atoms. The third kappa shape index (κ3) is 17.4. The number of rotatable bonds is 17. The van der Waals surface area contributed by atoms with E-state index in [2.05, 4.69) is 19.1 Å². The van der Waals surface area contributed by atoms with Gasteiger partial charge in [0.05, 0.1) is 0 Å². The Morgan fingerprint density at radius 2 is 1.18 bits per heavy atom. The maximum Gasteiger partial charge on any atom is 0.148 e. The molecule has 0 amide bonds. The van der Waals surface area contributed by atoms with Crippen molar-refractivity contribution >= 4 is 6.29 Å². The van der Waals surface area contributed by atoms with Crippen molar-refractivity contribution in [2.24, 2.45) is 0 Å². The van der Waals surface area contributed by atoms with Gasteiger partial charge in [-0.3, -0.25) is 0 Å². The maximum absolute atomic E-state index is 10.2. The summed E-state index contributed by atoms with van der Waals surface area (Å²) in [6.07, 6.45) is 23.2. The van der Waals surface area contributed by atoms with Crippen molar-refractivity contribution in [2.45, 2.75) is 109 Å². The molecule has 22 heavy (non-hydrogen) atoms. The van der Waals surface area contributed by atoms with Gasteiger partial charge in [-0.25, -0.2) is 0 Å². The lowest BCUT2D eigenvalue weighted by molar-refractivity contribution is -0.115. The van der Waals surface area contributed by atoms with Crippen LogP contribution in [0.3, 0.4) is 0 Å². The Balaban J connectivity index is 3.09. The van der Waals surface area contributed by atoms with Gasteiger partial charge in [0.15, 0.2) is 0 Å². The minimum Gasteiger partial charge on any atom is -0.386 e. The zero-order chi connectivity index (χ0) is 16.3. The molecular weight excluding hydrogens is 272 g/mol. The summed E-state index contributed by atoms with van der Waals surface area (Å²) >= 11 is 0. The molecule has 2 heteroatoms. The minimum absolute atomic E-state index is 0.630. The molecule has 0 rings (SSSR count). The van der Waals surface area contributed by atoms with Crippen molar-refractivity contribution < 1.29 is 9.90 Å². The zero-order valence-corrected chi connectivity index (χ0v) is 14.8. The van der Waals surface area contributed by atoms with E-state index in [1.165, 1.54) is 77.0 Å². The lowest BCUT2D eigenvalue weighted by Gasteiger charge is -2.02. The highest BCUT2D eigenvalue weighted by molar-refractivity contribution is 5.55. The van der Waals surface area contributed by atoms with Gasteiger partial charge in [0.25, 0.3) is 0 Å². The Bertz CT molecular complexity index is 248. The predicted octanol–water partition coefficient (Wildman–Crippen LogP) is 5.97. The summed E-state index contributed by atoms with van der Waals surface area (Å²) < 4.78 is 0. The fraction of sp³-hybridized carbons (Fsp3) is 0.850. The first-order valence-electron chi connectivity index (χ1n) is 9.59. The number of allylic oxidation sites excluding steroid dienone is 2. The van der Waals surface area contributed by atoms with Crippen molar-refractivity contribution in [3.05, 3.63) is 12.2 Å². The van der Waals surface area contributed by atoms with Crippen molar-refractivity contribution in [3.63, 3.8) is 0 Å². The van der Waals surface area contributed by atoms with Gasteiger partial charge in [0, 0.05) is 0 Å². The molecule has 0 saturated carbocycles. The lowest BCUT2D eigenvalue weighted by Crippen LogP contribution is -2.06. The summed E-state index contributed by atoms with van der Waals surface area (Å²) in [6, 6.07) is 0. The van der Waals surface area contributed by atoms with Crippen molar-refractivity contribution in [1.29, 1.82) is 0 Å².